The van der Waals surface area contributed by atoms with E-state index in [0.717, 1.165) is 36.4 Å². The normalized spacial score (nSPS) is 13.0. The standard InChI is InChI=1S/C16H15NO3/c18-16(20-14-6-2-1-3-7-14)17-13-8-9-15-12(11-13)5-4-10-19-15/h1-3,6-9,11H,4-5,10H2,(H,17,18). The van der Waals surface area contributed by atoms with Gasteiger partial charge in [0.2, 0.25) is 0 Å². The highest BCUT2D eigenvalue weighted by Gasteiger charge is 2.12. The molecule has 0 bridgehead atoms. The number of amides is 1. The van der Waals surface area contributed by atoms with Crippen molar-refractivity contribution in [2.45, 2.75) is 12.8 Å². The van der Waals surface area contributed by atoms with Gasteiger partial charge in [-0.3, -0.25) is 5.32 Å². The largest absolute Gasteiger partial charge is 0.493 e. The lowest BCUT2D eigenvalue weighted by atomic mass is 10.1. The molecule has 4 nitrogen and oxygen atoms in total. The zero-order valence-electron chi connectivity index (χ0n) is 11.0. The first-order valence-electron chi connectivity index (χ1n) is 6.61. The van der Waals surface area contributed by atoms with Crippen molar-refractivity contribution in [2.24, 2.45) is 0 Å². The van der Waals surface area contributed by atoms with Crippen molar-refractivity contribution in [1.82, 2.24) is 0 Å². The van der Waals surface area contributed by atoms with Gasteiger partial charge in [0, 0.05) is 5.69 Å². The summed E-state index contributed by atoms with van der Waals surface area (Å²) in [6.45, 7) is 0.760. The van der Waals surface area contributed by atoms with E-state index in [1.54, 1.807) is 12.1 Å². The lowest BCUT2D eigenvalue weighted by Crippen LogP contribution is -2.17. The third-order valence-corrected chi connectivity index (χ3v) is 3.11. The van der Waals surface area contributed by atoms with Crippen molar-refractivity contribution >= 4 is 11.8 Å². The number of anilines is 1. The van der Waals surface area contributed by atoms with Crippen LogP contribution in [0.5, 0.6) is 11.5 Å². The fourth-order valence-corrected chi connectivity index (χ4v) is 2.18. The maximum atomic E-state index is 11.8. The predicted molar refractivity (Wildman–Crippen MR) is 76.3 cm³/mol. The monoisotopic (exact) mass is 269 g/mol. The molecule has 0 saturated carbocycles. The fraction of sp³-hybridized carbons (Fsp3) is 0.188. The van der Waals surface area contributed by atoms with E-state index in [1.807, 2.05) is 36.4 Å². The van der Waals surface area contributed by atoms with E-state index in [9.17, 15) is 4.79 Å². The molecule has 0 fully saturated rings. The fourth-order valence-electron chi connectivity index (χ4n) is 2.18. The topological polar surface area (TPSA) is 47.6 Å². The zero-order chi connectivity index (χ0) is 13.8. The number of nitrogens with one attached hydrogen (secondary N) is 1. The number of fused-ring (bicyclic) bond motifs is 1. The number of rotatable bonds is 2. The number of hydrogen-bond acceptors (Lipinski definition) is 3. The molecule has 0 radical (unpaired) electrons. The second-order valence-corrected chi connectivity index (χ2v) is 4.60. The van der Waals surface area contributed by atoms with Crippen LogP contribution < -0.4 is 14.8 Å². The number of carbonyl (C=O) groups excluding carboxylic acids is 1. The summed E-state index contributed by atoms with van der Waals surface area (Å²) in [6.07, 6.45) is 1.48. The Morgan fingerprint density at radius 2 is 2.00 bits per heavy atom. The first-order valence-corrected chi connectivity index (χ1v) is 6.61. The van der Waals surface area contributed by atoms with Crippen molar-refractivity contribution in [3.63, 3.8) is 0 Å². The van der Waals surface area contributed by atoms with E-state index >= 15 is 0 Å². The first-order chi connectivity index (χ1) is 9.81. The minimum absolute atomic E-state index is 0.493. The van der Waals surface area contributed by atoms with E-state index in [0.29, 0.717) is 5.75 Å². The van der Waals surface area contributed by atoms with Gasteiger partial charge in [-0.15, -0.1) is 0 Å². The van der Waals surface area contributed by atoms with Crippen molar-refractivity contribution in [2.75, 3.05) is 11.9 Å². The van der Waals surface area contributed by atoms with Gasteiger partial charge in [0.25, 0.3) is 0 Å². The zero-order valence-corrected chi connectivity index (χ0v) is 11.0. The molecule has 0 aliphatic carbocycles. The van der Waals surface area contributed by atoms with E-state index < -0.39 is 6.09 Å². The second-order valence-electron chi connectivity index (χ2n) is 4.60. The molecule has 0 saturated heterocycles. The summed E-state index contributed by atoms with van der Waals surface area (Å²) in [6, 6.07) is 14.6. The van der Waals surface area contributed by atoms with Gasteiger partial charge in [-0.25, -0.2) is 4.79 Å². The van der Waals surface area contributed by atoms with Gasteiger partial charge in [-0.1, -0.05) is 18.2 Å². The van der Waals surface area contributed by atoms with Crippen LogP contribution in [-0.4, -0.2) is 12.7 Å². The van der Waals surface area contributed by atoms with Crippen LogP contribution in [0.1, 0.15) is 12.0 Å². The van der Waals surface area contributed by atoms with Crippen molar-refractivity contribution in [3.8, 4) is 11.5 Å². The molecule has 2 aromatic rings. The summed E-state index contributed by atoms with van der Waals surface area (Å²) >= 11 is 0. The van der Waals surface area contributed by atoms with Gasteiger partial charge < -0.3 is 9.47 Å². The summed E-state index contributed by atoms with van der Waals surface area (Å²) in [5.74, 6) is 1.42. The maximum Gasteiger partial charge on any atom is 0.417 e. The van der Waals surface area contributed by atoms with Gasteiger partial charge >= 0.3 is 6.09 Å². The van der Waals surface area contributed by atoms with E-state index in [4.69, 9.17) is 9.47 Å². The Balaban J connectivity index is 1.67. The quantitative estimate of drug-likeness (QED) is 0.905. The third kappa shape index (κ3) is 2.91. The van der Waals surface area contributed by atoms with E-state index in [1.165, 1.54) is 0 Å². The van der Waals surface area contributed by atoms with Crippen LogP contribution in [0, 0.1) is 0 Å². The SMILES string of the molecule is O=C(Nc1ccc2c(c1)CCCO2)Oc1ccccc1. The number of carbonyl (C=O) groups is 1. The molecule has 20 heavy (non-hydrogen) atoms. The van der Waals surface area contributed by atoms with Gasteiger partial charge in [0.1, 0.15) is 11.5 Å². The van der Waals surface area contributed by atoms with Crippen molar-refractivity contribution < 1.29 is 14.3 Å². The molecule has 1 aliphatic rings. The molecule has 3 rings (SSSR count). The smallest absolute Gasteiger partial charge is 0.417 e. The Labute approximate surface area is 117 Å². The molecular weight excluding hydrogens is 254 g/mol. The molecule has 1 amide bonds. The van der Waals surface area contributed by atoms with Crippen molar-refractivity contribution in [1.29, 1.82) is 0 Å². The van der Waals surface area contributed by atoms with Crippen LogP contribution in [-0.2, 0) is 6.42 Å². The Bertz CT molecular complexity index is 610. The molecule has 0 atom stereocenters. The minimum atomic E-state index is -0.493. The molecule has 1 heterocycles. The molecule has 1 aliphatic heterocycles. The molecule has 0 unspecified atom stereocenters. The summed E-state index contributed by atoms with van der Waals surface area (Å²) in [4.78, 5) is 11.8. The average molecular weight is 269 g/mol. The van der Waals surface area contributed by atoms with Crippen LogP contribution in [0.2, 0.25) is 0 Å². The summed E-state index contributed by atoms with van der Waals surface area (Å²) < 4.78 is 10.7. The number of para-hydroxylation sites is 1. The molecule has 102 valence electrons. The van der Waals surface area contributed by atoms with E-state index in [-0.39, 0.29) is 0 Å². The Kier molecular flexibility index (Phi) is 3.54. The summed E-state index contributed by atoms with van der Waals surface area (Å²) in [5, 5.41) is 2.72. The lowest BCUT2D eigenvalue weighted by molar-refractivity contribution is 0.215. The Hall–Kier alpha value is -2.49. The Morgan fingerprint density at radius 3 is 2.85 bits per heavy atom. The molecule has 1 N–H and O–H groups in total. The number of aryl methyl sites for hydroxylation is 1. The van der Waals surface area contributed by atoms with Crippen molar-refractivity contribution in [3.05, 3.63) is 54.1 Å². The number of ether oxygens (including phenoxy) is 2. The predicted octanol–water partition coefficient (Wildman–Crippen LogP) is 3.62. The van der Waals surface area contributed by atoms with Gasteiger partial charge in [0.05, 0.1) is 6.61 Å². The molecule has 4 heteroatoms. The molecule has 0 aromatic heterocycles. The van der Waals surface area contributed by atoms with Gasteiger partial charge in [0.15, 0.2) is 0 Å². The van der Waals surface area contributed by atoms with Crippen LogP contribution in [0.4, 0.5) is 10.5 Å². The minimum Gasteiger partial charge on any atom is -0.493 e. The molecule has 2 aromatic carbocycles. The maximum absolute atomic E-state index is 11.8. The Morgan fingerprint density at radius 1 is 1.15 bits per heavy atom. The summed E-state index contributed by atoms with van der Waals surface area (Å²) in [7, 11) is 0. The molecular formula is C16H15NO3. The van der Waals surface area contributed by atoms with Crippen LogP contribution in [0.25, 0.3) is 0 Å². The number of benzene rings is 2. The second kappa shape index (κ2) is 5.65. The van der Waals surface area contributed by atoms with Crippen LogP contribution >= 0.6 is 0 Å². The highest BCUT2D eigenvalue weighted by Crippen LogP contribution is 2.27. The van der Waals surface area contributed by atoms with Crippen LogP contribution in [0.15, 0.2) is 48.5 Å². The van der Waals surface area contributed by atoms with Gasteiger partial charge in [-0.2, -0.15) is 0 Å². The highest BCUT2D eigenvalue weighted by molar-refractivity contribution is 5.86. The molecule has 0 spiro atoms. The highest BCUT2D eigenvalue weighted by atomic mass is 16.6. The van der Waals surface area contributed by atoms with Gasteiger partial charge in [-0.05, 0) is 48.7 Å². The average Bonchev–Trinajstić information content (AvgIpc) is 2.48. The first kappa shape index (κ1) is 12.5. The summed E-state index contributed by atoms with van der Waals surface area (Å²) in [5.41, 5.74) is 1.84. The number of hydrogen-bond donors (Lipinski definition) is 1. The van der Waals surface area contributed by atoms with E-state index in [2.05, 4.69) is 5.32 Å². The van der Waals surface area contributed by atoms with Crippen LogP contribution in [0.3, 0.4) is 0 Å². The lowest BCUT2D eigenvalue weighted by Gasteiger charge is -2.18. The third-order valence-electron chi connectivity index (χ3n) is 3.11.